The van der Waals surface area contributed by atoms with Crippen LogP contribution in [0.5, 0.6) is 0 Å². The van der Waals surface area contributed by atoms with Gasteiger partial charge in [0.25, 0.3) is 15.9 Å². The van der Waals surface area contributed by atoms with Crippen LogP contribution in [0, 0.1) is 0 Å². The van der Waals surface area contributed by atoms with E-state index in [0.717, 1.165) is 36.1 Å². The van der Waals surface area contributed by atoms with Gasteiger partial charge >= 0.3 is 5.97 Å². The van der Waals surface area contributed by atoms with Gasteiger partial charge in [-0.15, -0.1) is 6.58 Å². The summed E-state index contributed by atoms with van der Waals surface area (Å²) in [6.07, 6.45) is 5.37. The van der Waals surface area contributed by atoms with Gasteiger partial charge in [0.2, 0.25) is 0 Å². The van der Waals surface area contributed by atoms with E-state index in [4.69, 9.17) is 27.9 Å². The molecule has 0 heterocycles. The van der Waals surface area contributed by atoms with E-state index in [-0.39, 0.29) is 28.1 Å². The average molecular weight is 511 g/mol. The van der Waals surface area contributed by atoms with Crippen molar-refractivity contribution in [2.24, 2.45) is 0 Å². The highest BCUT2D eigenvalue weighted by molar-refractivity contribution is 7.93. The Bertz CT molecular complexity index is 1130. The Morgan fingerprint density at radius 1 is 1.12 bits per heavy atom. The molecule has 176 valence electrons. The molecule has 3 rings (SSSR count). The van der Waals surface area contributed by atoms with Crippen molar-refractivity contribution in [3.8, 4) is 0 Å². The smallest absolute Gasteiger partial charge is 0.338 e. The van der Waals surface area contributed by atoms with Crippen molar-refractivity contribution in [1.29, 1.82) is 0 Å². The molecule has 0 aliphatic heterocycles. The summed E-state index contributed by atoms with van der Waals surface area (Å²) in [5.74, 6) is -1.22. The van der Waals surface area contributed by atoms with Crippen LogP contribution in [0.4, 0.5) is 5.69 Å². The standard InChI is InChI=1S/C23H24Cl2N2O5S/c1-2-13-27(19-10-8-17(24)9-11-19)33(30,31)21-14-16(7-12-20(21)25)23(29)32-15-22(28)26-18-5-3-4-6-18/h2,7-12,14,18H,1,3-6,13,15H2,(H,26,28). The SMILES string of the molecule is C=CCN(c1ccc(Cl)cc1)S(=O)(=O)c1cc(C(=O)OCC(=O)NC2CCCC2)ccc1Cl. The van der Waals surface area contributed by atoms with Crippen LogP contribution in [0.3, 0.4) is 0 Å². The van der Waals surface area contributed by atoms with Crippen LogP contribution in [0.15, 0.2) is 60.0 Å². The number of esters is 1. The molecule has 1 saturated carbocycles. The van der Waals surface area contributed by atoms with Crippen molar-refractivity contribution in [1.82, 2.24) is 5.32 Å². The number of nitrogens with zero attached hydrogens (tertiary/aromatic N) is 1. The van der Waals surface area contributed by atoms with E-state index < -0.39 is 28.5 Å². The second kappa shape index (κ2) is 11.0. The molecule has 1 aliphatic rings. The lowest BCUT2D eigenvalue weighted by Gasteiger charge is -2.24. The molecule has 0 atom stereocenters. The first-order valence-electron chi connectivity index (χ1n) is 10.4. The number of benzene rings is 2. The summed E-state index contributed by atoms with van der Waals surface area (Å²) >= 11 is 12.1. The van der Waals surface area contributed by atoms with Crippen LogP contribution in [0.2, 0.25) is 10.0 Å². The zero-order chi connectivity index (χ0) is 24.0. The van der Waals surface area contributed by atoms with Crippen molar-refractivity contribution in [3.05, 3.63) is 70.7 Å². The number of sulfonamides is 1. The number of hydrogen-bond acceptors (Lipinski definition) is 5. The Balaban J connectivity index is 1.79. The first kappa shape index (κ1) is 25.1. The minimum Gasteiger partial charge on any atom is -0.452 e. The van der Waals surface area contributed by atoms with Gasteiger partial charge in [0, 0.05) is 11.1 Å². The average Bonchev–Trinajstić information content (AvgIpc) is 3.29. The Kier molecular flexibility index (Phi) is 8.40. The number of carbonyl (C=O) groups excluding carboxylic acids is 2. The number of nitrogens with one attached hydrogen (secondary N) is 1. The minimum atomic E-state index is -4.16. The third-order valence-corrected chi connectivity index (χ3v) is 7.73. The summed E-state index contributed by atoms with van der Waals surface area (Å²) < 4.78 is 33.0. The maximum atomic E-state index is 13.4. The predicted molar refractivity (Wildman–Crippen MR) is 128 cm³/mol. The Morgan fingerprint density at radius 3 is 2.42 bits per heavy atom. The van der Waals surface area contributed by atoms with E-state index >= 15 is 0 Å². The molecule has 0 bridgehead atoms. The largest absolute Gasteiger partial charge is 0.452 e. The van der Waals surface area contributed by atoms with E-state index in [0.29, 0.717) is 10.7 Å². The first-order chi connectivity index (χ1) is 15.7. The highest BCUT2D eigenvalue weighted by atomic mass is 35.5. The fourth-order valence-electron chi connectivity index (χ4n) is 3.57. The molecule has 2 aromatic rings. The topological polar surface area (TPSA) is 92.8 Å². The monoisotopic (exact) mass is 510 g/mol. The number of halogens is 2. The molecule has 0 unspecified atom stereocenters. The molecule has 1 amide bonds. The number of rotatable bonds is 9. The van der Waals surface area contributed by atoms with Gasteiger partial charge in [-0.1, -0.05) is 42.1 Å². The zero-order valence-electron chi connectivity index (χ0n) is 17.8. The molecular formula is C23H24Cl2N2O5S. The predicted octanol–water partition coefficient (Wildman–Crippen LogP) is 4.59. The molecule has 0 spiro atoms. The zero-order valence-corrected chi connectivity index (χ0v) is 20.1. The lowest BCUT2D eigenvalue weighted by Crippen LogP contribution is -2.36. The third kappa shape index (κ3) is 6.28. The maximum absolute atomic E-state index is 13.4. The summed E-state index contributed by atoms with van der Waals surface area (Å²) in [6.45, 7) is 3.14. The van der Waals surface area contributed by atoms with Gasteiger partial charge in [0.05, 0.1) is 22.8 Å². The molecule has 0 radical (unpaired) electrons. The van der Waals surface area contributed by atoms with Crippen molar-refractivity contribution in [2.45, 2.75) is 36.6 Å². The van der Waals surface area contributed by atoms with Gasteiger partial charge in [-0.2, -0.15) is 0 Å². The number of anilines is 1. The summed E-state index contributed by atoms with van der Waals surface area (Å²) in [5.41, 5.74) is 0.313. The van der Waals surface area contributed by atoms with E-state index in [1.807, 2.05) is 0 Å². The highest BCUT2D eigenvalue weighted by Gasteiger charge is 2.28. The Morgan fingerprint density at radius 2 is 1.79 bits per heavy atom. The quantitative estimate of drug-likeness (QED) is 0.393. The van der Waals surface area contributed by atoms with Crippen LogP contribution in [-0.4, -0.2) is 39.5 Å². The lowest BCUT2D eigenvalue weighted by atomic mass is 10.2. The van der Waals surface area contributed by atoms with Gasteiger partial charge in [-0.05, 0) is 55.3 Å². The van der Waals surface area contributed by atoms with Crippen LogP contribution in [0.1, 0.15) is 36.0 Å². The molecule has 1 N–H and O–H groups in total. The van der Waals surface area contributed by atoms with Crippen LogP contribution in [-0.2, 0) is 19.6 Å². The number of carbonyl (C=O) groups is 2. The minimum absolute atomic E-state index is 0.0314. The summed E-state index contributed by atoms with van der Waals surface area (Å²) in [5, 5.41) is 3.21. The van der Waals surface area contributed by atoms with Gasteiger partial charge in [0.1, 0.15) is 4.90 Å². The summed E-state index contributed by atoms with van der Waals surface area (Å²) in [6, 6.07) is 10.1. The van der Waals surface area contributed by atoms with E-state index in [2.05, 4.69) is 11.9 Å². The number of hydrogen-bond donors (Lipinski definition) is 1. The van der Waals surface area contributed by atoms with E-state index in [1.165, 1.54) is 18.2 Å². The normalized spacial score (nSPS) is 14.0. The van der Waals surface area contributed by atoms with Crippen LogP contribution < -0.4 is 9.62 Å². The number of ether oxygens (including phenoxy) is 1. The molecule has 1 aliphatic carbocycles. The van der Waals surface area contributed by atoms with Gasteiger partial charge in [0.15, 0.2) is 6.61 Å². The van der Waals surface area contributed by atoms with Crippen molar-refractivity contribution in [3.63, 3.8) is 0 Å². The summed E-state index contributed by atoms with van der Waals surface area (Å²) in [4.78, 5) is 24.2. The van der Waals surface area contributed by atoms with Crippen molar-refractivity contribution in [2.75, 3.05) is 17.5 Å². The molecule has 7 nitrogen and oxygen atoms in total. The maximum Gasteiger partial charge on any atom is 0.338 e. The highest BCUT2D eigenvalue weighted by Crippen LogP contribution is 2.30. The molecular weight excluding hydrogens is 487 g/mol. The first-order valence-corrected chi connectivity index (χ1v) is 12.6. The fourth-order valence-corrected chi connectivity index (χ4v) is 5.63. The molecule has 10 heteroatoms. The van der Waals surface area contributed by atoms with E-state index in [9.17, 15) is 18.0 Å². The Hall–Kier alpha value is -2.55. The van der Waals surface area contributed by atoms with E-state index in [1.54, 1.807) is 24.3 Å². The molecule has 2 aromatic carbocycles. The molecule has 1 fully saturated rings. The molecule has 33 heavy (non-hydrogen) atoms. The molecule has 0 saturated heterocycles. The number of amides is 1. The van der Waals surface area contributed by atoms with Crippen molar-refractivity contribution >= 4 is 50.8 Å². The van der Waals surface area contributed by atoms with Gasteiger partial charge < -0.3 is 10.1 Å². The van der Waals surface area contributed by atoms with Crippen LogP contribution in [0.25, 0.3) is 0 Å². The molecule has 0 aromatic heterocycles. The fraction of sp³-hybridized carbons (Fsp3) is 0.304. The van der Waals surface area contributed by atoms with Gasteiger partial charge in [-0.3, -0.25) is 9.10 Å². The lowest BCUT2D eigenvalue weighted by molar-refractivity contribution is -0.124. The third-order valence-electron chi connectivity index (χ3n) is 5.20. The second-order valence-electron chi connectivity index (χ2n) is 7.57. The summed E-state index contributed by atoms with van der Waals surface area (Å²) in [7, 11) is -4.16. The Labute approximate surface area is 203 Å². The van der Waals surface area contributed by atoms with Gasteiger partial charge in [-0.25, -0.2) is 13.2 Å². The van der Waals surface area contributed by atoms with Crippen molar-refractivity contribution < 1.29 is 22.7 Å². The van der Waals surface area contributed by atoms with Crippen LogP contribution >= 0.6 is 23.2 Å². The second-order valence-corrected chi connectivity index (χ2v) is 10.2.